The molecule has 0 aliphatic rings. The number of benzene rings is 1. The Hall–Kier alpha value is -1.89. The Morgan fingerprint density at radius 3 is 2.29 bits per heavy atom. The van der Waals surface area contributed by atoms with Crippen molar-refractivity contribution in [3.05, 3.63) is 59.4 Å². The number of allylic oxidation sites excluding steroid dienone is 1. The number of hydrogen-bond donors (Lipinski definition) is 0. The predicted molar refractivity (Wildman–Crippen MR) is 73.9 cm³/mol. The molecule has 0 N–H and O–H groups in total. The highest BCUT2D eigenvalue weighted by Gasteiger charge is 2.01. The first-order chi connectivity index (χ1) is 8.20. The largest absolute Gasteiger partial charge is 0.256 e. The van der Waals surface area contributed by atoms with Crippen molar-refractivity contribution in [1.29, 1.82) is 0 Å². The molecule has 1 nitrogen and oxygen atoms in total. The van der Waals surface area contributed by atoms with Crippen LogP contribution in [0.4, 0.5) is 0 Å². The van der Waals surface area contributed by atoms with E-state index in [1.54, 1.807) is 0 Å². The monoisotopic (exact) mass is 223 g/mol. The molecule has 1 aromatic carbocycles. The van der Waals surface area contributed by atoms with Gasteiger partial charge >= 0.3 is 0 Å². The van der Waals surface area contributed by atoms with E-state index in [2.05, 4.69) is 49.2 Å². The van der Waals surface area contributed by atoms with Gasteiger partial charge in [-0.1, -0.05) is 35.9 Å². The Balaban J connectivity index is 2.40. The highest BCUT2D eigenvalue weighted by atomic mass is 14.7. The lowest BCUT2D eigenvalue weighted by Gasteiger charge is -2.05. The summed E-state index contributed by atoms with van der Waals surface area (Å²) in [7, 11) is 0. The number of aromatic nitrogens is 1. The molecule has 1 heterocycles. The number of rotatable bonds is 2. The first-order valence-corrected chi connectivity index (χ1v) is 5.87. The maximum Gasteiger partial charge on any atom is 0.0655 e. The lowest BCUT2D eigenvalue weighted by atomic mass is 10.0. The molecular weight excluding hydrogens is 206 g/mol. The number of hydrogen-bond acceptors (Lipinski definition) is 1. The lowest BCUT2D eigenvalue weighted by Crippen LogP contribution is -1.88. The first kappa shape index (κ1) is 11.6. The third-order valence-corrected chi connectivity index (χ3v) is 2.83. The molecule has 0 aliphatic carbocycles. The minimum atomic E-state index is 1.04. The van der Waals surface area contributed by atoms with E-state index in [0.717, 1.165) is 5.69 Å². The van der Waals surface area contributed by atoms with Crippen LogP contribution in [0.2, 0.25) is 0 Å². The lowest BCUT2D eigenvalue weighted by molar-refractivity contribution is 1.24. The Morgan fingerprint density at radius 1 is 1.00 bits per heavy atom. The van der Waals surface area contributed by atoms with Crippen molar-refractivity contribution in [3.63, 3.8) is 0 Å². The van der Waals surface area contributed by atoms with Gasteiger partial charge in [0.2, 0.25) is 0 Å². The van der Waals surface area contributed by atoms with Gasteiger partial charge in [0.15, 0.2) is 0 Å². The Kier molecular flexibility index (Phi) is 3.38. The molecule has 0 radical (unpaired) electrons. The van der Waals surface area contributed by atoms with E-state index >= 15 is 0 Å². The SMILES string of the molecule is C/C=C\c1ncc(-c2ccc(C)cc2)cc1C. The molecule has 0 amide bonds. The summed E-state index contributed by atoms with van der Waals surface area (Å²) in [6.45, 7) is 6.21. The van der Waals surface area contributed by atoms with Crippen molar-refractivity contribution >= 4 is 6.08 Å². The minimum absolute atomic E-state index is 1.04. The quantitative estimate of drug-likeness (QED) is 0.735. The summed E-state index contributed by atoms with van der Waals surface area (Å²) in [5.74, 6) is 0. The molecule has 0 spiro atoms. The fraction of sp³-hybridized carbons (Fsp3) is 0.188. The van der Waals surface area contributed by atoms with Crippen LogP contribution in [0.3, 0.4) is 0 Å². The van der Waals surface area contributed by atoms with Gasteiger partial charge < -0.3 is 0 Å². The van der Waals surface area contributed by atoms with E-state index < -0.39 is 0 Å². The van der Waals surface area contributed by atoms with Crippen LogP contribution in [0, 0.1) is 13.8 Å². The summed E-state index contributed by atoms with van der Waals surface area (Å²) in [5, 5.41) is 0. The third-order valence-electron chi connectivity index (χ3n) is 2.83. The fourth-order valence-electron chi connectivity index (χ4n) is 1.82. The van der Waals surface area contributed by atoms with Gasteiger partial charge in [-0.25, -0.2) is 0 Å². The third kappa shape index (κ3) is 2.62. The second kappa shape index (κ2) is 4.96. The zero-order valence-electron chi connectivity index (χ0n) is 10.6. The van der Waals surface area contributed by atoms with Gasteiger partial charge in [0, 0.05) is 11.8 Å². The van der Waals surface area contributed by atoms with Crippen molar-refractivity contribution in [2.45, 2.75) is 20.8 Å². The van der Waals surface area contributed by atoms with Crippen molar-refractivity contribution in [2.24, 2.45) is 0 Å². The molecule has 0 atom stereocenters. The van der Waals surface area contributed by atoms with E-state index in [9.17, 15) is 0 Å². The molecule has 2 aromatic rings. The number of pyridine rings is 1. The zero-order valence-corrected chi connectivity index (χ0v) is 10.6. The van der Waals surface area contributed by atoms with E-state index in [0.29, 0.717) is 0 Å². The van der Waals surface area contributed by atoms with Gasteiger partial charge in [0.25, 0.3) is 0 Å². The topological polar surface area (TPSA) is 12.9 Å². The molecular formula is C16H17N. The second-order valence-corrected chi connectivity index (χ2v) is 4.29. The minimum Gasteiger partial charge on any atom is -0.256 e. The molecule has 1 heteroatoms. The summed E-state index contributed by atoms with van der Waals surface area (Å²) in [4.78, 5) is 4.48. The van der Waals surface area contributed by atoms with Crippen LogP contribution in [-0.2, 0) is 0 Å². The Morgan fingerprint density at radius 2 is 1.71 bits per heavy atom. The van der Waals surface area contributed by atoms with E-state index in [1.165, 1.54) is 22.3 Å². The van der Waals surface area contributed by atoms with Gasteiger partial charge in [0.05, 0.1) is 5.69 Å². The van der Waals surface area contributed by atoms with E-state index in [-0.39, 0.29) is 0 Å². The maximum atomic E-state index is 4.48. The van der Waals surface area contributed by atoms with E-state index in [1.807, 2.05) is 25.3 Å². The normalized spacial score (nSPS) is 11.0. The number of aryl methyl sites for hydroxylation is 2. The standard InChI is InChI=1S/C16H17N/c1-4-5-16-13(3)10-15(11-17-16)14-8-6-12(2)7-9-14/h4-11H,1-3H3/b5-4-. The Labute approximate surface area is 103 Å². The van der Waals surface area contributed by atoms with Crippen LogP contribution >= 0.6 is 0 Å². The molecule has 0 saturated heterocycles. The first-order valence-electron chi connectivity index (χ1n) is 5.87. The van der Waals surface area contributed by atoms with Crippen molar-refractivity contribution in [1.82, 2.24) is 4.98 Å². The van der Waals surface area contributed by atoms with Crippen molar-refractivity contribution in [2.75, 3.05) is 0 Å². The zero-order chi connectivity index (χ0) is 12.3. The smallest absolute Gasteiger partial charge is 0.0655 e. The van der Waals surface area contributed by atoms with Gasteiger partial charge in [-0.3, -0.25) is 4.98 Å². The van der Waals surface area contributed by atoms with Crippen LogP contribution in [0.1, 0.15) is 23.7 Å². The van der Waals surface area contributed by atoms with Crippen molar-refractivity contribution < 1.29 is 0 Å². The highest BCUT2D eigenvalue weighted by Crippen LogP contribution is 2.21. The summed E-state index contributed by atoms with van der Waals surface area (Å²) in [6, 6.07) is 10.7. The average molecular weight is 223 g/mol. The van der Waals surface area contributed by atoms with E-state index in [4.69, 9.17) is 0 Å². The van der Waals surface area contributed by atoms with Crippen LogP contribution < -0.4 is 0 Å². The summed E-state index contributed by atoms with van der Waals surface area (Å²) in [6.07, 6.45) is 5.99. The molecule has 0 saturated carbocycles. The molecule has 0 aliphatic heterocycles. The summed E-state index contributed by atoms with van der Waals surface area (Å²) in [5.41, 5.74) is 5.93. The van der Waals surface area contributed by atoms with Crippen LogP contribution in [-0.4, -0.2) is 4.98 Å². The predicted octanol–water partition coefficient (Wildman–Crippen LogP) is 4.40. The number of nitrogens with zero attached hydrogens (tertiary/aromatic N) is 1. The van der Waals surface area contributed by atoms with Gasteiger partial charge in [0.1, 0.15) is 0 Å². The molecule has 2 rings (SSSR count). The molecule has 1 aromatic heterocycles. The second-order valence-electron chi connectivity index (χ2n) is 4.29. The van der Waals surface area contributed by atoms with Crippen LogP contribution in [0.25, 0.3) is 17.2 Å². The molecule has 0 fully saturated rings. The van der Waals surface area contributed by atoms with Crippen molar-refractivity contribution in [3.8, 4) is 11.1 Å². The summed E-state index contributed by atoms with van der Waals surface area (Å²) < 4.78 is 0. The molecule has 0 bridgehead atoms. The molecule has 0 unspecified atom stereocenters. The van der Waals surface area contributed by atoms with Gasteiger partial charge in [-0.15, -0.1) is 0 Å². The fourth-order valence-corrected chi connectivity index (χ4v) is 1.82. The summed E-state index contributed by atoms with van der Waals surface area (Å²) >= 11 is 0. The molecule has 17 heavy (non-hydrogen) atoms. The molecule has 86 valence electrons. The average Bonchev–Trinajstić information content (AvgIpc) is 2.33. The van der Waals surface area contributed by atoms with Crippen LogP contribution in [0.5, 0.6) is 0 Å². The van der Waals surface area contributed by atoms with Gasteiger partial charge in [-0.2, -0.15) is 0 Å². The van der Waals surface area contributed by atoms with Crippen LogP contribution in [0.15, 0.2) is 42.6 Å². The Bertz CT molecular complexity index is 536. The highest BCUT2D eigenvalue weighted by molar-refractivity contribution is 5.65. The van der Waals surface area contributed by atoms with Gasteiger partial charge in [-0.05, 0) is 44.0 Å². The maximum absolute atomic E-state index is 4.48.